The number of H-pyrrole nitrogens is 1. The van der Waals surface area contributed by atoms with Gasteiger partial charge in [-0.1, -0.05) is 0 Å². The van der Waals surface area contributed by atoms with Crippen LogP contribution in [0.4, 0.5) is 0 Å². The third kappa shape index (κ3) is 3.32. The van der Waals surface area contributed by atoms with Crippen LogP contribution in [0.15, 0.2) is 52.3 Å². The summed E-state index contributed by atoms with van der Waals surface area (Å²) in [5, 5.41) is 2.89. The van der Waals surface area contributed by atoms with Crippen molar-refractivity contribution < 1.29 is 9.53 Å². The van der Waals surface area contributed by atoms with Crippen LogP contribution in [0.1, 0.15) is 27.0 Å². The smallest absolute Gasteiger partial charge is 0.330 e. The lowest BCUT2D eigenvalue weighted by molar-refractivity contribution is 0.0954. The van der Waals surface area contributed by atoms with E-state index in [9.17, 15) is 14.4 Å². The van der Waals surface area contributed by atoms with Gasteiger partial charge in [-0.25, -0.2) is 4.79 Å². The van der Waals surface area contributed by atoms with Gasteiger partial charge in [-0.05, 0) is 42.3 Å². The van der Waals surface area contributed by atoms with Crippen molar-refractivity contribution in [1.29, 1.82) is 0 Å². The first kappa shape index (κ1) is 17.7. The fraction of sp³-hybridized carbons (Fsp3) is 0.200. The number of hydrogen-bond donors (Lipinski definition) is 2. The molecule has 3 heterocycles. The van der Waals surface area contributed by atoms with Gasteiger partial charge in [0.1, 0.15) is 5.75 Å². The summed E-state index contributed by atoms with van der Waals surface area (Å²) in [6, 6.07) is 8.86. The number of nitrogens with one attached hydrogen (secondary N) is 2. The van der Waals surface area contributed by atoms with Crippen molar-refractivity contribution in [1.82, 2.24) is 19.9 Å². The Balaban J connectivity index is 1.50. The van der Waals surface area contributed by atoms with E-state index in [0.29, 0.717) is 29.8 Å². The maximum atomic E-state index is 12.5. The number of benzene rings is 1. The summed E-state index contributed by atoms with van der Waals surface area (Å²) in [4.78, 5) is 43.0. The van der Waals surface area contributed by atoms with Crippen LogP contribution >= 0.6 is 0 Å². The molecular weight excluding hydrogens is 360 g/mol. The van der Waals surface area contributed by atoms with Gasteiger partial charge >= 0.3 is 5.69 Å². The van der Waals surface area contributed by atoms with Crippen molar-refractivity contribution in [2.24, 2.45) is 7.05 Å². The Kier molecular flexibility index (Phi) is 4.52. The lowest BCUT2D eigenvalue weighted by Gasteiger charge is -2.20. The average Bonchev–Trinajstić information content (AvgIpc) is 2.71. The number of carbonyl (C=O) groups excluding carboxylic acids is 1. The summed E-state index contributed by atoms with van der Waals surface area (Å²) in [6.07, 6.45) is 4.43. The molecule has 1 aliphatic heterocycles. The maximum absolute atomic E-state index is 12.5. The molecule has 8 heteroatoms. The van der Waals surface area contributed by atoms with E-state index in [1.807, 2.05) is 12.1 Å². The minimum absolute atomic E-state index is 0.162. The van der Waals surface area contributed by atoms with Gasteiger partial charge in [0.25, 0.3) is 11.5 Å². The van der Waals surface area contributed by atoms with E-state index in [0.717, 1.165) is 15.7 Å². The number of pyridine rings is 1. The molecule has 0 spiro atoms. The second-order valence-corrected chi connectivity index (χ2v) is 6.56. The molecule has 28 heavy (non-hydrogen) atoms. The zero-order chi connectivity index (χ0) is 19.7. The Bertz CT molecular complexity index is 1170. The number of amides is 1. The molecule has 0 fully saturated rings. The molecule has 1 aromatic carbocycles. The molecule has 0 radical (unpaired) electrons. The number of aromatic amines is 1. The van der Waals surface area contributed by atoms with Crippen molar-refractivity contribution in [3.8, 4) is 11.6 Å². The predicted octanol–water partition coefficient (Wildman–Crippen LogP) is 1.14. The Morgan fingerprint density at radius 1 is 1.25 bits per heavy atom. The van der Waals surface area contributed by atoms with E-state index < -0.39 is 11.2 Å². The number of ether oxygens (including phenoxy) is 1. The Morgan fingerprint density at radius 2 is 2.04 bits per heavy atom. The van der Waals surface area contributed by atoms with Gasteiger partial charge in [-0.3, -0.25) is 24.1 Å². The highest BCUT2D eigenvalue weighted by molar-refractivity contribution is 5.94. The van der Waals surface area contributed by atoms with Gasteiger partial charge in [-0.15, -0.1) is 0 Å². The summed E-state index contributed by atoms with van der Waals surface area (Å²) >= 11 is 0. The largest absolute Gasteiger partial charge is 0.440 e. The van der Waals surface area contributed by atoms with Crippen LogP contribution in [-0.2, 0) is 19.9 Å². The van der Waals surface area contributed by atoms with Crippen LogP contribution in [0.2, 0.25) is 0 Å². The molecule has 3 aromatic rings. The van der Waals surface area contributed by atoms with E-state index in [-0.39, 0.29) is 18.2 Å². The number of hydrogen-bond acceptors (Lipinski definition) is 5. The number of rotatable bonds is 4. The number of nitrogens with zero attached hydrogens (tertiary/aromatic N) is 2. The molecule has 142 valence electrons. The molecule has 0 bridgehead atoms. The summed E-state index contributed by atoms with van der Waals surface area (Å²) in [7, 11) is 1.41. The molecule has 4 rings (SSSR count). The van der Waals surface area contributed by atoms with Crippen molar-refractivity contribution in [2.75, 3.05) is 6.54 Å². The lowest BCUT2D eigenvalue weighted by Crippen LogP contribution is -2.36. The minimum Gasteiger partial charge on any atom is -0.440 e. The average molecular weight is 378 g/mol. The molecule has 2 N–H and O–H groups in total. The quantitative estimate of drug-likeness (QED) is 0.554. The van der Waals surface area contributed by atoms with Crippen molar-refractivity contribution >= 4 is 5.91 Å². The van der Waals surface area contributed by atoms with Gasteiger partial charge < -0.3 is 10.1 Å². The van der Waals surface area contributed by atoms with Gasteiger partial charge in [0.2, 0.25) is 5.88 Å². The number of fused-ring (bicyclic) bond motifs is 2. The minimum atomic E-state index is -0.530. The summed E-state index contributed by atoms with van der Waals surface area (Å²) < 4.78 is 6.66. The van der Waals surface area contributed by atoms with Gasteiger partial charge in [0.15, 0.2) is 0 Å². The number of aromatic nitrogens is 3. The van der Waals surface area contributed by atoms with Crippen molar-refractivity contribution in [2.45, 2.75) is 12.8 Å². The number of carbonyl (C=O) groups is 1. The van der Waals surface area contributed by atoms with E-state index in [1.54, 1.807) is 30.6 Å². The molecule has 2 aromatic heterocycles. The molecule has 0 atom stereocenters. The molecule has 1 aliphatic rings. The highest BCUT2D eigenvalue weighted by Gasteiger charge is 2.23. The summed E-state index contributed by atoms with van der Waals surface area (Å²) in [5.41, 5.74) is 1.73. The van der Waals surface area contributed by atoms with E-state index in [1.165, 1.54) is 7.05 Å². The second-order valence-electron chi connectivity index (χ2n) is 6.56. The van der Waals surface area contributed by atoms with Gasteiger partial charge in [0.05, 0.1) is 5.56 Å². The van der Waals surface area contributed by atoms with Crippen LogP contribution in [0.3, 0.4) is 0 Å². The van der Waals surface area contributed by atoms with Crippen LogP contribution in [-0.4, -0.2) is 27.0 Å². The molecule has 0 saturated carbocycles. The van der Waals surface area contributed by atoms with E-state index in [2.05, 4.69) is 15.3 Å². The van der Waals surface area contributed by atoms with Gasteiger partial charge in [-0.2, -0.15) is 0 Å². The van der Waals surface area contributed by atoms with E-state index >= 15 is 0 Å². The normalized spacial score (nSPS) is 11.9. The molecule has 1 amide bonds. The van der Waals surface area contributed by atoms with Crippen LogP contribution < -0.4 is 21.3 Å². The molecular formula is C20H18N4O4. The second kappa shape index (κ2) is 7.15. The fourth-order valence-electron chi connectivity index (χ4n) is 3.12. The Morgan fingerprint density at radius 3 is 2.82 bits per heavy atom. The Labute approximate surface area is 159 Å². The monoisotopic (exact) mass is 378 g/mol. The first-order valence-electron chi connectivity index (χ1n) is 8.83. The molecule has 0 aliphatic carbocycles. The van der Waals surface area contributed by atoms with E-state index in [4.69, 9.17) is 4.74 Å². The highest BCUT2D eigenvalue weighted by Crippen LogP contribution is 2.33. The zero-order valence-electron chi connectivity index (χ0n) is 15.2. The lowest BCUT2D eigenvalue weighted by atomic mass is 10.0. The van der Waals surface area contributed by atoms with Crippen LogP contribution in [0.25, 0.3) is 0 Å². The third-order valence-corrected chi connectivity index (χ3v) is 4.71. The van der Waals surface area contributed by atoms with Gasteiger partial charge in [0, 0.05) is 43.5 Å². The predicted molar refractivity (Wildman–Crippen MR) is 102 cm³/mol. The Hall–Kier alpha value is -3.68. The molecule has 0 unspecified atom stereocenters. The zero-order valence-corrected chi connectivity index (χ0v) is 15.2. The van der Waals surface area contributed by atoms with Crippen LogP contribution in [0.5, 0.6) is 11.6 Å². The summed E-state index contributed by atoms with van der Waals surface area (Å²) in [6.45, 7) is 0.501. The molecule has 0 saturated heterocycles. The highest BCUT2D eigenvalue weighted by atomic mass is 16.5. The van der Waals surface area contributed by atoms with Crippen molar-refractivity contribution in [3.05, 3.63) is 85.8 Å². The summed E-state index contributed by atoms with van der Waals surface area (Å²) in [5.74, 6) is 0.483. The first-order valence-corrected chi connectivity index (χ1v) is 8.83. The third-order valence-electron chi connectivity index (χ3n) is 4.71. The maximum Gasteiger partial charge on any atom is 0.330 e. The molecule has 8 nitrogen and oxygen atoms in total. The standard InChI is InChI=1S/C20H18N4O4/c1-24-19(26)15-11-14-10-13(2-3-16(14)28-18(15)23-20(24)27)17(25)22-9-6-12-4-7-21-8-5-12/h2-5,7-8,10H,6,9,11H2,1H3,(H,22,25)(H,23,27). The first-order chi connectivity index (χ1) is 13.5. The van der Waals surface area contributed by atoms with Crippen LogP contribution in [0, 0.1) is 0 Å². The SMILES string of the molecule is Cn1c(=O)[nH]c2c(c1=O)Cc1cc(C(=O)NCCc3ccncc3)ccc1O2. The topological polar surface area (TPSA) is 106 Å². The fourth-order valence-corrected chi connectivity index (χ4v) is 3.12. The van der Waals surface area contributed by atoms with Crippen molar-refractivity contribution in [3.63, 3.8) is 0 Å².